The number of halogens is 2. The van der Waals surface area contributed by atoms with Gasteiger partial charge in [0.25, 0.3) is 0 Å². The highest BCUT2D eigenvalue weighted by Crippen LogP contribution is 2.32. The Hall–Kier alpha value is 0.390. The molecule has 2 N–H and O–H groups in total. The summed E-state index contributed by atoms with van der Waals surface area (Å²) in [6.45, 7) is 1.85. The molecule has 84 valence electrons. The van der Waals surface area contributed by atoms with Crippen molar-refractivity contribution in [3.05, 3.63) is 19.8 Å². The minimum absolute atomic E-state index is 0.0536. The molecular weight excluding hydrogens is 298 g/mol. The van der Waals surface area contributed by atoms with E-state index in [0.29, 0.717) is 5.92 Å². The lowest BCUT2D eigenvalue weighted by Crippen LogP contribution is -2.35. The quantitative estimate of drug-likeness (QED) is 0.896. The fraction of sp³-hybridized carbons (Fsp3) is 0.600. The van der Waals surface area contributed by atoms with Crippen molar-refractivity contribution in [2.75, 3.05) is 6.54 Å². The Morgan fingerprint density at radius 3 is 2.87 bits per heavy atom. The Bertz CT molecular complexity index is 319. The van der Waals surface area contributed by atoms with E-state index in [1.54, 1.807) is 11.3 Å². The third-order valence-electron chi connectivity index (χ3n) is 2.64. The number of rotatable bonds is 4. The molecule has 1 aromatic heterocycles. The van der Waals surface area contributed by atoms with Crippen LogP contribution in [0, 0.1) is 5.92 Å². The molecule has 15 heavy (non-hydrogen) atoms. The number of nitrogens with one attached hydrogen (secondary N) is 1. The van der Waals surface area contributed by atoms with Crippen LogP contribution in [0.1, 0.15) is 17.7 Å². The molecule has 0 bridgehead atoms. The molecule has 0 aliphatic heterocycles. The van der Waals surface area contributed by atoms with Gasteiger partial charge in [-0.3, -0.25) is 0 Å². The van der Waals surface area contributed by atoms with Crippen molar-refractivity contribution in [3.63, 3.8) is 0 Å². The van der Waals surface area contributed by atoms with Gasteiger partial charge >= 0.3 is 0 Å². The Morgan fingerprint density at radius 2 is 2.33 bits per heavy atom. The van der Waals surface area contributed by atoms with E-state index in [0.717, 1.165) is 34.7 Å². The summed E-state index contributed by atoms with van der Waals surface area (Å²) < 4.78 is 1.79. The molecule has 1 aliphatic carbocycles. The van der Waals surface area contributed by atoms with E-state index in [1.807, 2.05) is 0 Å². The Balaban J connectivity index is 1.69. The fourth-order valence-corrected chi connectivity index (χ4v) is 3.51. The zero-order valence-electron chi connectivity index (χ0n) is 8.17. The molecular formula is C10H13BrClNOS. The average molecular weight is 311 g/mol. The van der Waals surface area contributed by atoms with Gasteiger partial charge in [0, 0.05) is 15.9 Å². The fourth-order valence-electron chi connectivity index (χ4n) is 1.75. The van der Waals surface area contributed by atoms with Gasteiger partial charge in [0.05, 0.1) is 6.10 Å². The number of thiophene rings is 1. The molecule has 2 rings (SSSR count). The first-order chi connectivity index (χ1) is 7.15. The van der Waals surface area contributed by atoms with Gasteiger partial charge in [-0.15, -0.1) is 11.3 Å². The van der Waals surface area contributed by atoms with Crippen molar-refractivity contribution >= 4 is 38.9 Å². The predicted molar refractivity (Wildman–Crippen MR) is 67.5 cm³/mol. The van der Waals surface area contributed by atoms with Crippen LogP contribution in [-0.2, 0) is 6.54 Å². The standard InChI is InChI=1S/C10H13BrClNOS/c11-9-3-8(15-10(9)12)5-13-4-6-1-7(14)2-6/h3,6-7,13-14H,1-2,4-5H2. The van der Waals surface area contributed by atoms with E-state index in [9.17, 15) is 0 Å². The van der Waals surface area contributed by atoms with E-state index in [4.69, 9.17) is 16.7 Å². The lowest BCUT2D eigenvalue weighted by Gasteiger charge is -2.31. The molecule has 1 heterocycles. The van der Waals surface area contributed by atoms with Crippen LogP contribution in [0.2, 0.25) is 4.34 Å². The number of hydrogen-bond acceptors (Lipinski definition) is 3. The van der Waals surface area contributed by atoms with Crippen LogP contribution in [0.25, 0.3) is 0 Å². The maximum absolute atomic E-state index is 9.13. The highest BCUT2D eigenvalue weighted by molar-refractivity contribution is 9.10. The maximum atomic E-state index is 9.13. The highest BCUT2D eigenvalue weighted by Gasteiger charge is 2.26. The molecule has 1 aromatic rings. The predicted octanol–water partition coefficient (Wildman–Crippen LogP) is 3.02. The molecule has 0 aromatic carbocycles. The molecule has 0 saturated heterocycles. The smallest absolute Gasteiger partial charge is 0.107 e. The van der Waals surface area contributed by atoms with Gasteiger partial charge in [-0.25, -0.2) is 0 Å². The Kier molecular flexibility index (Phi) is 4.07. The molecule has 2 nitrogen and oxygen atoms in total. The van der Waals surface area contributed by atoms with E-state index < -0.39 is 0 Å². The summed E-state index contributed by atoms with van der Waals surface area (Å²) in [5.74, 6) is 0.652. The van der Waals surface area contributed by atoms with E-state index in [-0.39, 0.29) is 6.10 Å². The van der Waals surface area contributed by atoms with Crippen molar-refractivity contribution in [1.82, 2.24) is 5.32 Å². The van der Waals surface area contributed by atoms with Crippen LogP contribution in [0.5, 0.6) is 0 Å². The van der Waals surface area contributed by atoms with Crippen molar-refractivity contribution < 1.29 is 5.11 Å². The monoisotopic (exact) mass is 309 g/mol. The number of aliphatic hydroxyl groups excluding tert-OH is 1. The van der Waals surface area contributed by atoms with Crippen LogP contribution in [-0.4, -0.2) is 17.8 Å². The van der Waals surface area contributed by atoms with Gasteiger partial charge in [-0.05, 0) is 47.3 Å². The zero-order chi connectivity index (χ0) is 10.8. The summed E-state index contributed by atoms with van der Waals surface area (Å²) in [4.78, 5) is 1.24. The minimum atomic E-state index is -0.0536. The van der Waals surface area contributed by atoms with Gasteiger partial charge in [-0.2, -0.15) is 0 Å². The second-order valence-electron chi connectivity index (χ2n) is 3.96. The average Bonchev–Trinajstić information content (AvgIpc) is 2.43. The van der Waals surface area contributed by atoms with Gasteiger partial charge in [-0.1, -0.05) is 11.6 Å². The molecule has 1 aliphatic rings. The minimum Gasteiger partial charge on any atom is -0.393 e. The van der Waals surface area contributed by atoms with Crippen LogP contribution >= 0.6 is 38.9 Å². The number of hydrogen-bond donors (Lipinski definition) is 2. The van der Waals surface area contributed by atoms with E-state index >= 15 is 0 Å². The number of aliphatic hydroxyl groups is 1. The van der Waals surface area contributed by atoms with Crippen LogP contribution in [0.15, 0.2) is 10.5 Å². The van der Waals surface area contributed by atoms with Gasteiger partial charge < -0.3 is 10.4 Å². The van der Waals surface area contributed by atoms with E-state index in [2.05, 4.69) is 27.3 Å². The summed E-state index contributed by atoms with van der Waals surface area (Å²) >= 11 is 10.9. The summed E-state index contributed by atoms with van der Waals surface area (Å²) in [6.07, 6.45) is 1.84. The van der Waals surface area contributed by atoms with Crippen molar-refractivity contribution in [3.8, 4) is 0 Å². The summed E-state index contributed by atoms with van der Waals surface area (Å²) in [5.41, 5.74) is 0. The largest absolute Gasteiger partial charge is 0.393 e. The third-order valence-corrected chi connectivity index (χ3v) is 5.11. The molecule has 1 fully saturated rings. The molecule has 5 heteroatoms. The summed E-state index contributed by atoms with van der Waals surface area (Å²) in [7, 11) is 0. The normalized spacial score (nSPS) is 25.3. The zero-order valence-corrected chi connectivity index (χ0v) is 11.3. The van der Waals surface area contributed by atoms with Gasteiger partial charge in [0.2, 0.25) is 0 Å². The molecule has 0 radical (unpaired) electrons. The lowest BCUT2D eigenvalue weighted by atomic mass is 9.82. The third kappa shape index (κ3) is 3.17. The van der Waals surface area contributed by atoms with Crippen LogP contribution < -0.4 is 5.32 Å². The van der Waals surface area contributed by atoms with Gasteiger partial charge in [0.15, 0.2) is 0 Å². The van der Waals surface area contributed by atoms with Crippen molar-refractivity contribution in [2.24, 2.45) is 5.92 Å². The molecule has 1 saturated carbocycles. The van der Waals surface area contributed by atoms with Crippen LogP contribution in [0.3, 0.4) is 0 Å². The second-order valence-corrected chi connectivity index (χ2v) is 6.55. The van der Waals surface area contributed by atoms with Gasteiger partial charge in [0.1, 0.15) is 4.34 Å². The second kappa shape index (κ2) is 5.15. The molecule has 0 unspecified atom stereocenters. The maximum Gasteiger partial charge on any atom is 0.107 e. The first kappa shape index (κ1) is 11.9. The lowest BCUT2D eigenvalue weighted by molar-refractivity contribution is 0.0430. The highest BCUT2D eigenvalue weighted by atomic mass is 79.9. The van der Waals surface area contributed by atoms with Crippen molar-refractivity contribution in [2.45, 2.75) is 25.5 Å². The van der Waals surface area contributed by atoms with Crippen LogP contribution in [0.4, 0.5) is 0 Å². The SMILES string of the molecule is OC1CC(CNCc2cc(Br)c(Cl)s2)C1. The summed E-state index contributed by atoms with van der Waals surface area (Å²) in [5, 5.41) is 12.5. The first-order valence-electron chi connectivity index (χ1n) is 4.97. The molecule has 0 spiro atoms. The van der Waals surface area contributed by atoms with Crippen molar-refractivity contribution in [1.29, 1.82) is 0 Å². The Labute approximate surface area is 107 Å². The molecule has 0 amide bonds. The topological polar surface area (TPSA) is 32.3 Å². The Morgan fingerprint density at radius 1 is 1.60 bits per heavy atom. The summed E-state index contributed by atoms with van der Waals surface area (Å²) in [6, 6.07) is 2.05. The van der Waals surface area contributed by atoms with E-state index in [1.165, 1.54) is 4.88 Å². The molecule has 0 atom stereocenters. The first-order valence-corrected chi connectivity index (χ1v) is 6.96.